The number of nitrogens with zero attached hydrogens (tertiary/aromatic N) is 2. The Bertz CT molecular complexity index is 533. The Kier molecular flexibility index (Phi) is 10.4. The molecule has 5 nitrogen and oxygen atoms in total. The van der Waals surface area contributed by atoms with E-state index in [1.807, 2.05) is 0 Å². The second-order valence-electron chi connectivity index (χ2n) is 6.72. The average molecular weight is 478 g/mol. The van der Waals surface area contributed by atoms with E-state index in [-0.39, 0.29) is 36.4 Å². The molecule has 0 aromatic carbocycles. The normalized spacial score (nSPS) is 20.5. The van der Waals surface area contributed by atoms with Crippen molar-refractivity contribution in [3.8, 4) is 0 Å². The van der Waals surface area contributed by atoms with Crippen molar-refractivity contribution in [3.05, 3.63) is 22.4 Å². The highest BCUT2D eigenvalue weighted by molar-refractivity contribution is 14.0. The van der Waals surface area contributed by atoms with Crippen molar-refractivity contribution in [2.45, 2.75) is 45.1 Å². The highest BCUT2D eigenvalue weighted by Gasteiger charge is 2.22. The van der Waals surface area contributed by atoms with E-state index in [2.05, 4.69) is 40.1 Å². The van der Waals surface area contributed by atoms with Crippen LogP contribution >= 0.6 is 35.3 Å². The van der Waals surface area contributed by atoms with Crippen LogP contribution in [0, 0.1) is 5.92 Å². The van der Waals surface area contributed by atoms with Crippen LogP contribution < -0.4 is 10.6 Å². The van der Waals surface area contributed by atoms with Gasteiger partial charge in [0.25, 0.3) is 0 Å². The Labute approximate surface area is 172 Å². The zero-order valence-corrected chi connectivity index (χ0v) is 18.6. The van der Waals surface area contributed by atoms with E-state index in [4.69, 9.17) is 0 Å². The number of carbonyl (C=O) groups excluding carboxylic acids is 1. The summed E-state index contributed by atoms with van der Waals surface area (Å²) in [5.41, 5.74) is 0. The number of thiophene rings is 1. The van der Waals surface area contributed by atoms with Crippen molar-refractivity contribution in [2.24, 2.45) is 10.9 Å². The first-order valence-corrected chi connectivity index (χ1v) is 9.71. The molecule has 7 heteroatoms. The molecule has 1 aliphatic carbocycles. The minimum atomic E-state index is 0. The monoisotopic (exact) mass is 478 g/mol. The van der Waals surface area contributed by atoms with Gasteiger partial charge in [0.15, 0.2) is 5.96 Å². The minimum absolute atomic E-state index is 0. The Morgan fingerprint density at radius 1 is 1.36 bits per heavy atom. The summed E-state index contributed by atoms with van der Waals surface area (Å²) in [6.45, 7) is 3.30. The van der Waals surface area contributed by atoms with Crippen LogP contribution in [0.1, 0.15) is 37.5 Å². The van der Waals surface area contributed by atoms with Crippen LogP contribution in [0.25, 0.3) is 0 Å². The van der Waals surface area contributed by atoms with Gasteiger partial charge in [-0.3, -0.25) is 4.79 Å². The molecule has 0 radical (unpaired) electrons. The summed E-state index contributed by atoms with van der Waals surface area (Å²) in [6, 6.07) is 4.67. The molecule has 2 N–H and O–H groups in total. The van der Waals surface area contributed by atoms with Gasteiger partial charge in [0.2, 0.25) is 5.91 Å². The summed E-state index contributed by atoms with van der Waals surface area (Å²) in [5, 5.41) is 9.05. The van der Waals surface area contributed by atoms with Crippen LogP contribution in [0.4, 0.5) is 0 Å². The van der Waals surface area contributed by atoms with Crippen LogP contribution in [0.15, 0.2) is 22.5 Å². The van der Waals surface area contributed by atoms with E-state index in [9.17, 15) is 4.79 Å². The molecule has 1 amide bonds. The van der Waals surface area contributed by atoms with Crippen LogP contribution in [-0.2, 0) is 11.2 Å². The third-order valence-electron chi connectivity index (χ3n) is 4.55. The minimum Gasteiger partial charge on any atom is -0.356 e. The fourth-order valence-corrected chi connectivity index (χ4v) is 3.61. The maximum Gasteiger partial charge on any atom is 0.243 e. The van der Waals surface area contributed by atoms with E-state index in [0.29, 0.717) is 12.0 Å². The summed E-state index contributed by atoms with van der Waals surface area (Å²) >= 11 is 1.77. The molecule has 0 aliphatic heterocycles. The van der Waals surface area contributed by atoms with Crippen LogP contribution in [0.2, 0.25) is 0 Å². The fraction of sp³-hybridized carbons (Fsp3) is 0.667. The van der Waals surface area contributed by atoms with Crippen molar-refractivity contribution in [1.29, 1.82) is 0 Å². The average Bonchev–Trinajstić information content (AvgIpc) is 3.07. The molecule has 1 aliphatic rings. The van der Waals surface area contributed by atoms with E-state index in [1.165, 1.54) is 30.6 Å². The largest absolute Gasteiger partial charge is 0.356 e. The van der Waals surface area contributed by atoms with Gasteiger partial charge in [-0.2, -0.15) is 0 Å². The number of nitrogens with one attached hydrogen (secondary N) is 2. The topological polar surface area (TPSA) is 56.7 Å². The van der Waals surface area contributed by atoms with Gasteiger partial charge in [-0.1, -0.05) is 25.8 Å². The van der Waals surface area contributed by atoms with Gasteiger partial charge < -0.3 is 15.5 Å². The number of hydrogen-bond acceptors (Lipinski definition) is 3. The molecule has 0 bridgehead atoms. The first-order valence-electron chi connectivity index (χ1n) is 8.83. The van der Waals surface area contributed by atoms with Gasteiger partial charge in [-0.05, 0) is 36.6 Å². The molecule has 1 aromatic rings. The van der Waals surface area contributed by atoms with Gasteiger partial charge in [0.1, 0.15) is 6.54 Å². The molecule has 1 fully saturated rings. The molecule has 142 valence electrons. The van der Waals surface area contributed by atoms with E-state index in [1.54, 1.807) is 30.3 Å². The number of rotatable bonds is 6. The molecule has 0 spiro atoms. The summed E-state index contributed by atoms with van der Waals surface area (Å²) < 4.78 is 0. The Hall–Kier alpha value is -0.830. The van der Waals surface area contributed by atoms with Gasteiger partial charge >= 0.3 is 0 Å². The number of likely N-dealkylation sites (N-methyl/N-ethyl adjacent to an activating group) is 1. The van der Waals surface area contributed by atoms with Crippen LogP contribution in [-0.4, -0.2) is 50.0 Å². The van der Waals surface area contributed by atoms with Crippen molar-refractivity contribution >= 4 is 47.2 Å². The van der Waals surface area contributed by atoms with Gasteiger partial charge in [-0.25, -0.2) is 4.99 Å². The highest BCUT2D eigenvalue weighted by Crippen LogP contribution is 2.23. The first kappa shape index (κ1) is 22.2. The summed E-state index contributed by atoms with van der Waals surface area (Å²) in [5.74, 6) is 1.43. The lowest BCUT2D eigenvalue weighted by atomic mass is 9.86. The lowest BCUT2D eigenvalue weighted by Gasteiger charge is -2.31. The third-order valence-corrected chi connectivity index (χ3v) is 5.48. The smallest absolute Gasteiger partial charge is 0.243 e. The lowest BCUT2D eigenvalue weighted by Crippen LogP contribution is -2.48. The standard InChI is InChI=1S/C18H30N4OS.HI/c1-14-7-4-5-9-16(14)21-18(20-13-17(23)22(2)3)19-11-10-15-8-6-12-24-15;/h6,8,12,14,16H,4-5,7,9-11,13H2,1-3H3,(H2,19,20,21);1H. The molecule has 1 saturated carbocycles. The third kappa shape index (κ3) is 7.94. The van der Waals surface area contributed by atoms with Gasteiger partial charge in [0, 0.05) is 31.6 Å². The zero-order chi connectivity index (χ0) is 17.4. The van der Waals surface area contributed by atoms with Crippen LogP contribution in [0.3, 0.4) is 0 Å². The van der Waals surface area contributed by atoms with Crippen molar-refractivity contribution in [2.75, 3.05) is 27.2 Å². The summed E-state index contributed by atoms with van der Waals surface area (Å²) in [7, 11) is 3.52. The highest BCUT2D eigenvalue weighted by atomic mass is 127. The predicted octanol–water partition coefficient (Wildman–Crippen LogP) is 3.11. The van der Waals surface area contributed by atoms with Crippen LogP contribution in [0.5, 0.6) is 0 Å². The maximum atomic E-state index is 11.8. The second kappa shape index (κ2) is 11.7. The molecule has 0 saturated heterocycles. The van der Waals surface area contributed by atoms with E-state index < -0.39 is 0 Å². The number of amides is 1. The summed E-state index contributed by atoms with van der Waals surface area (Å²) in [4.78, 5) is 19.3. The quantitative estimate of drug-likeness (QED) is 0.376. The van der Waals surface area contributed by atoms with Gasteiger partial charge in [-0.15, -0.1) is 35.3 Å². The lowest BCUT2D eigenvalue weighted by molar-refractivity contribution is -0.127. The SMILES string of the molecule is CC1CCCCC1NC(=NCC(=O)N(C)C)NCCc1cccs1.I. The predicted molar refractivity (Wildman–Crippen MR) is 117 cm³/mol. The van der Waals surface area contributed by atoms with Gasteiger partial charge in [0.05, 0.1) is 0 Å². The van der Waals surface area contributed by atoms with Crippen molar-refractivity contribution < 1.29 is 4.79 Å². The molecule has 2 unspecified atom stereocenters. The molecule has 25 heavy (non-hydrogen) atoms. The fourth-order valence-electron chi connectivity index (χ4n) is 2.91. The summed E-state index contributed by atoms with van der Waals surface area (Å²) in [6.07, 6.45) is 5.99. The number of halogens is 1. The van der Waals surface area contributed by atoms with Crippen molar-refractivity contribution in [1.82, 2.24) is 15.5 Å². The number of hydrogen-bond donors (Lipinski definition) is 2. The second-order valence-corrected chi connectivity index (χ2v) is 7.75. The van der Waals surface area contributed by atoms with E-state index in [0.717, 1.165) is 18.9 Å². The Morgan fingerprint density at radius 3 is 2.76 bits per heavy atom. The molecule has 2 rings (SSSR count). The number of carbonyl (C=O) groups is 1. The number of aliphatic imine (C=N–C) groups is 1. The molecule has 2 atom stereocenters. The first-order chi connectivity index (χ1) is 11.6. The van der Waals surface area contributed by atoms with E-state index >= 15 is 0 Å². The molecular weight excluding hydrogens is 447 g/mol. The maximum absolute atomic E-state index is 11.8. The molecule has 1 heterocycles. The van der Waals surface area contributed by atoms with Crippen molar-refractivity contribution in [3.63, 3.8) is 0 Å². The Morgan fingerprint density at radius 2 is 2.12 bits per heavy atom. The Balaban J connectivity index is 0.00000312. The molecular formula is C18H31IN4OS. The molecule has 1 aromatic heterocycles. The number of guanidine groups is 1. The zero-order valence-electron chi connectivity index (χ0n) is 15.5.